The molecule has 0 unspecified atom stereocenters. The van der Waals surface area contributed by atoms with Gasteiger partial charge in [0, 0.05) is 28.5 Å². The summed E-state index contributed by atoms with van der Waals surface area (Å²) in [5, 5.41) is 24.4. The van der Waals surface area contributed by atoms with Gasteiger partial charge in [-0.1, -0.05) is 11.8 Å². The van der Waals surface area contributed by atoms with Crippen molar-refractivity contribution in [2.45, 2.75) is 19.0 Å². The van der Waals surface area contributed by atoms with Crippen LogP contribution < -0.4 is 0 Å². The summed E-state index contributed by atoms with van der Waals surface area (Å²) >= 11 is 2.80. The highest BCUT2D eigenvalue weighted by atomic mass is 32.2. The van der Waals surface area contributed by atoms with Crippen molar-refractivity contribution >= 4 is 28.9 Å². The van der Waals surface area contributed by atoms with Gasteiger partial charge in [0.25, 0.3) is 0 Å². The van der Waals surface area contributed by atoms with E-state index in [1.54, 1.807) is 30.5 Å². The van der Waals surface area contributed by atoms with Crippen molar-refractivity contribution in [2.24, 2.45) is 0 Å². The van der Waals surface area contributed by atoms with E-state index >= 15 is 0 Å². The molecule has 0 spiro atoms. The Morgan fingerprint density at radius 1 is 1.25 bits per heavy atom. The van der Waals surface area contributed by atoms with Crippen LogP contribution in [0.15, 0.2) is 47.1 Å². The number of hydrogen-bond donors (Lipinski definition) is 1. The SMILES string of the molecule is Cc1cc(C(=O)CSc2nnnn2-c2ccc(O)cc2)c(C)n1-c1nccs1. The first kappa shape index (κ1) is 18.4. The lowest BCUT2D eigenvalue weighted by Crippen LogP contribution is -2.07. The molecule has 0 aliphatic rings. The van der Waals surface area contributed by atoms with Gasteiger partial charge in [-0.25, -0.2) is 4.98 Å². The summed E-state index contributed by atoms with van der Waals surface area (Å²) < 4.78 is 3.53. The second-order valence-corrected chi connectivity index (χ2v) is 7.85. The number of phenols is 1. The smallest absolute Gasteiger partial charge is 0.214 e. The van der Waals surface area contributed by atoms with E-state index in [1.165, 1.54) is 27.8 Å². The molecule has 1 aromatic carbocycles. The molecular formula is C18H16N6O2S2. The van der Waals surface area contributed by atoms with Crippen molar-refractivity contribution in [1.82, 2.24) is 29.8 Å². The number of benzene rings is 1. The zero-order chi connectivity index (χ0) is 19.7. The van der Waals surface area contributed by atoms with Crippen molar-refractivity contribution in [3.63, 3.8) is 0 Å². The summed E-state index contributed by atoms with van der Waals surface area (Å²) in [6, 6.07) is 8.43. The zero-order valence-electron chi connectivity index (χ0n) is 15.1. The number of hydrogen-bond acceptors (Lipinski definition) is 8. The molecule has 0 saturated heterocycles. The van der Waals surface area contributed by atoms with Crippen molar-refractivity contribution in [2.75, 3.05) is 5.75 Å². The maximum Gasteiger partial charge on any atom is 0.214 e. The van der Waals surface area contributed by atoms with E-state index in [4.69, 9.17) is 0 Å². The highest BCUT2D eigenvalue weighted by Crippen LogP contribution is 2.25. The Morgan fingerprint density at radius 2 is 2.04 bits per heavy atom. The van der Waals surface area contributed by atoms with Gasteiger partial charge in [-0.05, 0) is 54.6 Å². The van der Waals surface area contributed by atoms with E-state index in [9.17, 15) is 9.90 Å². The number of carbonyl (C=O) groups is 1. The minimum Gasteiger partial charge on any atom is -0.508 e. The quantitative estimate of drug-likeness (QED) is 0.383. The van der Waals surface area contributed by atoms with Crippen molar-refractivity contribution in [3.8, 4) is 16.6 Å². The summed E-state index contributed by atoms with van der Waals surface area (Å²) in [6.45, 7) is 3.89. The summed E-state index contributed by atoms with van der Waals surface area (Å²) in [7, 11) is 0. The van der Waals surface area contributed by atoms with Crippen LogP contribution in [0.25, 0.3) is 10.8 Å². The van der Waals surface area contributed by atoms with Gasteiger partial charge in [-0.3, -0.25) is 9.36 Å². The molecular weight excluding hydrogens is 396 g/mol. The van der Waals surface area contributed by atoms with E-state index in [0.717, 1.165) is 16.5 Å². The molecule has 0 amide bonds. The first-order valence-corrected chi connectivity index (χ1v) is 10.2. The molecule has 8 nitrogen and oxygen atoms in total. The molecule has 0 saturated carbocycles. The second-order valence-electron chi connectivity index (χ2n) is 6.04. The van der Waals surface area contributed by atoms with Crippen LogP contribution in [0.4, 0.5) is 0 Å². The topological polar surface area (TPSA) is 98.7 Å². The molecule has 3 aromatic heterocycles. The van der Waals surface area contributed by atoms with Gasteiger partial charge < -0.3 is 5.11 Å². The fourth-order valence-electron chi connectivity index (χ4n) is 2.90. The average Bonchev–Trinajstić information content (AvgIpc) is 3.41. The van der Waals surface area contributed by atoms with Gasteiger partial charge >= 0.3 is 0 Å². The predicted octanol–water partition coefficient (Wildman–Crippen LogP) is 3.21. The number of thiazole rings is 1. The highest BCUT2D eigenvalue weighted by molar-refractivity contribution is 7.99. The fourth-order valence-corrected chi connectivity index (χ4v) is 4.42. The van der Waals surface area contributed by atoms with Crippen molar-refractivity contribution in [1.29, 1.82) is 0 Å². The lowest BCUT2D eigenvalue weighted by Gasteiger charge is -2.06. The van der Waals surface area contributed by atoms with E-state index in [2.05, 4.69) is 20.5 Å². The van der Waals surface area contributed by atoms with Crippen LogP contribution in [0.5, 0.6) is 5.75 Å². The van der Waals surface area contributed by atoms with E-state index in [1.807, 2.05) is 29.9 Å². The number of rotatable bonds is 6. The number of aryl methyl sites for hydroxylation is 1. The number of nitrogens with zero attached hydrogens (tertiary/aromatic N) is 6. The lowest BCUT2D eigenvalue weighted by molar-refractivity contribution is 0.102. The van der Waals surface area contributed by atoms with Crippen LogP contribution in [0, 0.1) is 13.8 Å². The number of Topliss-reactive ketones (excluding diaryl/α,β-unsaturated/α-hetero) is 1. The van der Waals surface area contributed by atoms with Crippen molar-refractivity contribution in [3.05, 3.63) is 58.9 Å². The molecule has 1 N–H and O–H groups in total. The molecule has 0 aliphatic heterocycles. The van der Waals surface area contributed by atoms with Gasteiger partial charge in [0.05, 0.1) is 11.4 Å². The Balaban J connectivity index is 1.53. The van der Waals surface area contributed by atoms with Gasteiger partial charge in [0.2, 0.25) is 5.16 Å². The monoisotopic (exact) mass is 412 g/mol. The van der Waals surface area contributed by atoms with Crippen LogP contribution in [-0.2, 0) is 0 Å². The number of tetrazole rings is 1. The first-order chi connectivity index (χ1) is 13.5. The molecule has 10 heteroatoms. The molecule has 4 aromatic rings. The number of aromatic nitrogens is 6. The van der Waals surface area contributed by atoms with Gasteiger partial charge in [0.15, 0.2) is 10.9 Å². The minimum absolute atomic E-state index is 0.00108. The molecule has 0 atom stereocenters. The summed E-state index contributed by atoms with van der Waals surface area (Å²) in [5.74, 6) is 0.374. The van der Waals surface area contributed by atoms with Gasteiger partial charge in [-0.2, -0.15) is 4.68 Å². The molecule has 28 heavy (non-hydrogen) atoms. The molecule has 0 bridgehead atoms. The third kappa shape index (κ3) is 3.43. The molecule has 0 aliphatic carbocycles. The number of aromatic hydroxyl groups is 1. The van der Waals surface area contributed by atoms with Gasteiger partial charge in [-0.15, -0.1) is 16.4 Å². The summed E-state index contributed by atoms with van der Waals surface area (Å²) in [5.41, 5.74) is 3.22. The summed E-state index contributed by atoms with van der Waals surface area (Å²) in [6.07, 6.45) is 1.75. The number of ketones is 1. The fraction of sp³-hybridized carbons (Fsp3) is 0.167. The number of phenolic OH excluding ortho intramolecular Hbond substituents is 1. The maximum atomic E-state index is 12.8. The van der Waals surface area contributed by atoms with Crippen LogP contribution in [0.2, 0.25) is 0 Å². The lowest BCUT2D eigenvalue weighted by atomic mass is 10.2. The normalized spacial score (nSPS) is 11.1. The Bertz CT molecular complexity index is 1120. The Morgan fingerprint density at radius 3 is 2.75 bits per heavy atom. The molecule has 142 valence electrons. The third-order valence-corrected chi connectivity index (χ3v) is 5.89. The van der Waals surface area contributed by atoms with Crippen molar-refractivity contribution < 1.29 is 9.90 Å². The molecule has 0 radical (unpaired) electrons. The molecule has 3 heterocycles. The Labute approximate surface area is 168 Å². The van der Waals surface area contributed by atoms with Gasteiger partial charge in [0.1, 0.15) is 5.75 Å². The number of carbonyl (C=O) groups excluding carboxylic acids is 1. The first-order valence-electron chi connectivity index (χ1n) is 8.37. The van der Waals surface area contributed by atoms with Crippen LogP contribution in [0.3, 0.4) is 0 Å². The third-order valence-electron chi connectivity index (χ3n) is 4.21. The van der Waals surface area contributed by atoms with Crippen LogP contribution in [0.1, 0.15) is 21.7 Å². The molecule has 4 rings (SSSR count). The largest absolute Gasteiger partial charge is 0.508 e. The molecule has 0 fully saturated rings. The van der Waals surface area contributed by atoms with E-state index < -0.39 is 0 Å². The standard InChI is InChI=1S/C18H16N6O2S2/c1-11-9-15(12(2)23(11)17-19-7-8-27-17)16(26)10-28-18-20-21-22-24(18)13-3-5-14(25)6-4-13/h3-9,25H,10H2,1-2H3. The Kier molecular flexibility index (Phi) is 4.97. The average molecular weight is 413 g/mol. The maximum absolute atomic E-state index is 12.8. The predicted molar refractivity (Wildman–Crippen MR) is 107 cm³/mol. The van der Waals surface area contributed by atoms with E-state index in [-0.39, 0.29) is 17.3 Å². The highest BCUT2D eigenvalue weighted by Gasteiger charge is 2.19. The second kappa shape index (κ2) is 7.56. The van der Waals surface area contributed by atoms with E-state index in [0.29, 0.717) is 16.4 Å². The minimum atomic E-state index is 0.00108. The number of thioether (sulfide) groups is 1. The van der Waals surface area contributed by atoms with Crippen LogP contribution in [-0.4, -0.2) is 46.4 Å². The zero-order valence-corrected chi connectivity index (χ0v) is 16.7. The van der Waals surface area contributed by atoms with Crippen LogP contribution >= 0.6 is 23.1 Å². The summed E-state index contributed by atoms with van der Waals surface area (Å²) in [4.78, 5) is 17.2. The Hall–Kier alpha value is -2.98.